The molecule has 4 heteroatoms. The van der Waals surface area contributed by atoms with Gasteiger partial charge in [0.25, 0.3) is 0 Å². The second-order valence-electron chi connectivity index (χ2n) is 3.55. The van der Waals surface area contributed by atoms with Crippen LogP contribution in [-0.4, -0.2) is 0 Å². The lowest BCUT2D eigenvalue weighted by atomic mass is 10.2. The van der Waals surface area contributed by atoms with Crippen LogP contribution in [-0.2, 0) is 6.61 Å². The summed E-state index contributed by atoms with van der Waals surface area (Å²) >= 11 is 9.42. The Kier molecular flexibility index (Phi) is 3.92. The van der Waals surface area contributed by atoms with Crippen LogP contribution in [0.15, 0.2) is 46.9 Å². The average Bonchev–Trinajstić information content (AvgIpc) is 2.31. The van der Waals surface area contributed by atoms with Gasteiger partial charge in [0.1, 0.15) is 12.4 Å². The lowest BCUT2D eigenvalue weighted by Crippen LogP contribution is -2.00. The highest BCUT2D eigenvalue weighted by atomic mass is 79.9. The van der Waals surface area contributed by atoms with E-state index in [0.29, 0.717) is 17.3 Å². The Labute approximate surface area is 113 Å². The minimum absolute atomic E-state index is 0.368. The fraction of sp³-hybridized carbons (Fsp3) is 0.0769. The van der Waals surface area contributed by atoms with Crippen molar-refractivity contribution in [1.82, 2.24) is 0 Å². The fourth-order valence-electron chi connectivity index (χ4n) is 1.41. The average molecular weight is 313 g/mol. The number of rotatable bonds is 3. The molecule has 2 aromatic rings. The summed E-state index contributed by atoms with van der Waals surface area (Å²) in [6.07, 6.45) is 0. The topological polar surface area (TPSA) is 35.2 Å². The molecule has 88 valence electrons. The minimum Gasteiger partial charge on any atom is -0.489 e. The number of halogens is 2. The largest absolute Gasteiger partial charge is 0.489 e. The van der Waals surface area contributed by atoms with Crippen molar-refractivity contribution in [3.63, 3.8) is 0 Å². The first-order valence-electron chi connectivity index (χ1n) is 5.08. The van der Waals surface area contributed by atoms with Crippen molar-refractivity contribution in [1.29, 1.82) is 0 Å². The maximum Gasteiger partial charge on any atom is 0.119 e. The van der Waals surface area contributed by atoms with Gasteiger partial charge in [-0.15, -0.1) is 0 Å². The highest BCUT2D eigenvalue weighted by molar-refractivity contribution is 9.10. The van der Waals surface area contributed by atoms with E-state index in [9.17, 15) is 0 Å². The van der Waals surface area contributed by atoms with Crippen LogP contribution < -0.4 is 10.5 Å². The van der Waals surface area contributed by atoms with Gasteiger partial charge in [-0.3, -0.25) is 0 Å². The first kappa shape index (κ1) is 12.3. The number of nitrogens with two attached hydrogens (primary N) is 1. The van der Waals surface area contributed by atoms with Gasteiger partial charge in [-0.1, -0.05) is 33.6 Å². The van der Waals surface area contributed by atoms with Gasteiger partial charge in [0.05, 0.1) is 0 Å². The summed E-state index contributed by atoms with van der Waals surface area (Å²) in [6, 6.07) is 13.1. The van der Waals surface area contributed by atoms with Crippen molar-refractivity contribution in [2.75, 3.05) is 5.73 Å². The van der Waals surface area contributed by atoms with Crippen molar-refractivity contribution in [3.05, 3.63) is 57.5 Å². The summed E-state index contributed by atoms with van der Waals surface area (Å²) in [5, 5.41) is 0.627. The number of ether oxygens (including phenoxy) is 1. The van der Waals surface area contributed by atoms with Gasteiger partial charge in [0.2, 0.25) is 0 Å². The Morgan fingerprint density at radius 1 is 1.12 bits per heavy atom. The molecule has 0 spiro atoms. The molecule has 2 rings (SSSR count). The van der Waals surface area contributed by atoms with Gasteiger partial charge in [-0.25, -0.2) is 0 Å². The lowest BCUT2D eigenvalue weighted by Gasteiger charge is -2.10. The van der Waals surface area contributed by atoms with Crippen LogP contribution >= 0.6 is 27.5 Å². The van der Waals surface area contributed by atoms with Gasteiger partial charge < -0.3 is 10.5 Å². The monoisotopic (exact) mass is 311 g/mol. The molecule has 2 aromatic carbocycles. The lowest BCUT2D eigenvalue weighted by molar-refractivity contribution is 0.307. The molecule has 0 saturated heterocycles. The molecule has 17 heavy (non-hydrogen) atoms. The SMILES string of the molecule is Nc1cccc(Cl)c1COc1ccc(Br)cc1. The smallest absolute Gasteiger partial charge is 0.119 e. The van der Waals surface area contributed by atoms with Gasteiger partial charge in [-0.05, 0) is 36.4 Å². The highest BCUT2D eigenvalue weighted by Gasteiger charge is 2.05. The Morgan fingerprint density at radius 3 is 2.47 bits per heavy atom. The number of hydrogen-bond acceptors (Lipinski definition) is 2. The van der Waals surface area contributed by atoms with Gasteiger partial charge in [-0.2, -0.15) is 0 Å². The third-order valence-corrected chi connectivity index (χ3v) is 3.23. The second-order valence-corrected chi connectivity index (χ2v) is 4.87. The van der Waals surface area contributed by atoms with Gasteiger partial charge in [0.15, 0.2) is 0 Å². The van der Waals surface area contributed by atoms with Crippen LogP contribution in [0.25, 0.3) is 0 Å². The quantitative estimate of drug-likeness (QED) is 0.859. The molecule has 0 atom stereocenters. The molecule has 0 aromatic heterocycles. The molecule has 0 aliphatic heterocycles. The Bertz CT molecular complexity index is 493. The first-order chi connectivity index (χ1) is 8.16. The van der Waals surface area contributed by atoms with Gasteiger partial charge >= 0.3 is 0 Å². The van der Waals surface area contributed by atoms with Crippen molar-refractivity contribution >= 4 is 33.2 Å². The van der Waals surface area contributed by atoms with Crippen LogP contribution in [0.5, 0.6) is 5.75 Å². The highest BCUT2D eigenvalue weighted by Crippen LogP contribution is 2.24. The van der Waals surface area contributed by atoms with Crippen molar-refractivity contribution in [3.8, 4) is 5.75 Å². The fourth-order valence-corrected chi connectivity index (χ4v) is 1.91. The summed E-state index contributed by atoms with van der Waals surface area (Å²) in [5.41, 5.74) is 7.30. The zero-order chi connectivity index (χ0) is 12.3. The van der Waals surface area contributed by atoms with E-state index in [1.807, 2.05) is 36.4 Å². The second kappa shape index (κ2) is 5.43. The molecule has 0 heterocycles. The van der Waals surface area contributed by atoms with Crippen LogP contribution in [0.4, 0.5) is 5.69 Å². The number of nitrogen functional groups attached to an aromatic ring is 1. The number of benzene rings is 2. The first-order valence-corrected chi connectivity index (χ1v) is 6.25. The standard InChI is InChI=1S/C13H11BrClNO/c14-9-4-6-10(7-5-9)17-8-11-12(15)2-1-3-13(11)16/h1-7H,8,16H2. The Morgan fingerprint density at radius 2 is 1.82 bits per heavy atom. The van der Waals surface area contributed by atoms with E-state index >= 15 is 0 Å². The van der Waals surface area contributed by atoms with E-state index in [1.165, 1.54) is 0 Å². The number of hydrogen-bond donors (Lipinski definition) is 1. The minimum atomic E-state index is 0.368. The third-order valence-electron chi connectivity index (χ3n) is 2.35. The molecule has 0 saturated carbocycles. The normalized spacial score (nSPS) is 10.2. The number of anilines is 1. The molecule has 0 unspecified atom stereocenters. The summed E-state index contributed by atoms with van der Waals surface area (Å²) in [5.74, 6) is 0.785. The van der Waals surface area contributed by atoms with Crippen LogP contribution in [0.2, 0.25) is 5.02 Å². The molecule has 0 aliphatic carbocycles. The maximum atomic E-state index is 6.05. The van der Waals surface area contributed by atoms with Crippen molar-refractivity contribution in [2.45, 2.75) is 6.61 Å². The van der Waals surface area contributed by atoms with Gasteiger partial charge in [0, 0.05) is 20.7 Å². The zero-order valence-corrected chi connectivity index (χ0v) is 11.3. The molecule has 0 aliphatic rings. The Hall–Kier alpha value is -1.19. The van der Waals surface area contributed by atoms with E-state index in [4.69, 9.17) is 22.1 Å². The summed E-state index contributed by atoms with van der Waals surface area (Å²) in [7, 11) is 0. The summed E-state index contributed by atoms with van der Waals surface area (Å²) in [4.78, 5) is 0. The molecule has 0 amide bonds. The Balaban J connectivity index is 2.10. The maximum absolute atomic E-state index is 6.05. The molecule has 0 radical (unpaired) electrons. The molecule has 2 N–H and O–H groups in total. The predicted octanol–water partition coefficient (Wildman–Crippen LogP) is 4.26. The third kappa shape index (κ3) is 3.14. The van der Waals surface area contributed by atoms with E-state index in [0.717, 1.165) is 15.8 Å². The van der Waals surface area contributed by atoms with E-state index in [-0.39, 0.29) is 0 Å². The molecular weight excluding hydrogens is 302 g/mol. The summed E-state index contributed by atoms with van der Waals surface area (Å²) in [6.45, 7) is 0.368. The van der Waals surface area contributed by atoms with Crippen molar-refractivity contribution in [2.24, 2.45) is 0 Å². The van der Waals surface area contributed by atoms with Crippen LogP contribution in [0.1, 0.15) is 5.56 Å². The molecular formula is C13H11BrClNO. The molecule has 0 fully saturated rings. The zero-order valence-electron chi connectivity index (χ0n) is 8.99. The summed E-state index contributed by atoms with van der Waals surface area (Å²) < 4.78 is 6.64. The molecule has 2 nitrogen and oxygen atoms in total. The van der Waals surface area contributed by atoms with Crippen molar-refractivity contribution < 1.29 is 4.74 Å². The van der Waals surface area contributed by atoms with Crippen LogP contribution in [0, 0.1) is 0 Å². The van der Waals surface area contributed by atoms with E-state index in [2.05, 4.69) is 15.9 Å². The molecule has 0 bridgehead atoms. The van der Waals surface area contributed by atoms with E-state index in [1.54, 1.807) is 6.07 Å². The van der Waals surface area contributed by atoms with E-state index < -0.39 is 0 Å². The predicted molar refractivity (Wildman–Crippen MR) is 74.3 cm³/mol. The van der Waals surface area contributed by atoms with Crippen LogP contribution in [0.3, 0.4) is 0 Å².